The zero-order valence-corrected chi connectivity index (χ0v) is 11.1. The van der Waals surface area contributed by atoms with Crippen molar-refractivity contribution in [1.29, 1.82) is 0 Å². The molecule has 20 heavy (non-hydrogen) atoms. The minimum absolute atomic E-state index is 0.0590. The van der Waals surface area contributed by atoms with Gasteiger partial charge in [0.15, 0.2) is 0 Å². The molecule has 0 saturated carbocycles. The molecular formula is C13H16F3NO3. The van der Waals surface area contributed by atoms with Crippen LogP contribution in [0.25, 0.3) is 0 Å². The lowest BCUT2D eigenvalue weighted by molar-refractivity contribution is -0.274. The second kappa shape index (κ2) is 6.60. The number of amides is 1. The van der Waals surface area contributed by atoms with Crippen LogP contribution < -0.4 is 10.1 Å². The zero-order chi connectivity index (χ0) is 15.3. The second-order valence-corrected chi connectivity index (χ2v) is 4.50. The van der Waals surface area contributed by atoms with Gasteiger partial charge in [-0.1, -0.05) is 13.0 Å². The van der Waals surface area contributed by atoms with Crippen LogP contribution in [0.2, 0.25) is 0 Å². The van der Waals surface area contributed by atoms with Crippen LogP contribution in [0.3, 0.4) is 0 Å². The molecule has 0 aliphatic carbocycles. The number of benzene rings is 1. The summed E-state index contributed by atoms with van der Waals surface area (Å²) < 4.78 is 40.0. The highest BCUT2D eigenvalue weighted by Gasteiger charge is 2.31. The lowest BCUT2D eigenvalue weighted by Crippen LogP contribution is -2.38. The summed E-state index contributed by atoms with van der Waals surface area (Å²) in [5.41, 5.74) is 0.0590. The van der Waals surface area contributed by atoms with Crippen LogP contribution in [0.4, 0.5) is 13.2 Å². The number of hydrogen-bond acceptors (Lipinski definition) is 3. The normalized spacial score (nSPS) is 14.5. The minimum atomic E-state index is -4.80. The van der Waals surface area contributed by atoms with Crippen LogP contribution >= 0.6 is 0 Å². The Morgan fingerprint density at radius 3 is 2.60 bits per heavy atom. The fraction of sp³-hybridized carbons (Fsp3) is 0.462. The number of carbonyl (C=O) groups is 1. The van der Waals surface area contributed by atoms with E-state index in [-0.39, 0.29) is 24.1 Å². The molecule has 2 unspecified atom stereocenters. The van der Waals surface area contributed by atoms with Gasteiger partial charge in [0.1, 0.15) is 5.75 Å². The monoisotopic (exact) mass is 291 g/mol. The Kier molecular flexibility index (Phi) is 5.38. The summed E-state index contributed by atoms with van der Waals surface area (Å²) in [7, 11) is 0. The molecule has 2 atom stereocenters. The summed E-state index contributed by atoms with van der Waals surface area (Å²) in [6.07, 6.45) is -4.80. The molecular weight excluding hydrogens is 275 g/mol. The van der Waals surface area contributed by atoms with Crippen LogP contribution in [-0.2, 0) is 0 Å². The van der Waals surface area contributed by atoms with Gasteiger partial charge in [0, 0.05) is 18.2 Å². The average Bonchev–Trinajstić information content (AvgIpc) is 2.35. The van der Waals surface area contributed by atoms with Crippen LogP contribution in [0.5, 0.6) is 5.75 Å². The van der Waals surface area contributed by atoms with Gasteiger partial charge in [-0.25, -0.2) is 0 Å². The van der Waals surface area contributed by atoms with Crippen molar-refractivity contribution in [3.8, 4) is 5.75 Å². The number of hydrogen-bond donors (Lipinski definition) is 2. The Labute approximate surface area is 114 Å². The molecule has 1 aromatic carbocycles. The SMILES string of the molecule is CC(CO)C(C)NC(=O)c1cccc(OC(F)(F)F)c1. The maximum atomic E-state index is 12.1. The lowest BCUT2D eigenvalue weighted by atomic mass is 10.0. The molecule has 1 aromatic rings. The molecule has 0 aromatic heterocycles. The van der Waals surface area contributed by atoms with Crippen LogP contribution in [-0.4, -0.2) is 30.0 Å². The summed E-state index contributed by atoms with van der Waals surface area (Å²) in [6.45, 7) is 3.35. The average molecular weight is 291 g/mol. The number of alkyl halides is 3. The Bertz CT molecular complexity index is 462. The summed E-state index contributed by atoms with van der Waals surface area (Å²) in [5.74, 6) is -1.13. The first-order valence-electron chi connectivity index (χ1n) is 6.00. The second-order valence-electron chi connectivity index (χ2n) is 4.50. The van der Waals surface area contributed by atoms with Crippen molar-refractivity contribution in [2.45, 2.75) is 26.3 Å². The molecule has 7 heteroatoms. The minimum Gasteiger partial charge on any atom is -0.406 e. The standard InChI is InChI=1S/C13H16F3NO3/c1-8(7-18)9(2)17-12(19)10-4-3-5-11(6-10)20-13(14,15)16/h3-6,8-9,18H,7H2,1-2H3,(H,17,19). The molecule has 0 bridgehead atoms. The first-order chi connectivity index (χ1) is 9.23. The smallest absolute Gasteiger partial charge is 0.406 e. The highest BCUT2D eigenvalue weighted by atomic mass is 19.4. The third-order valence-electron chi connectivity index (χ3n) is 2.83. The zero-order valence-electron chi connectivity index (χ0n) is 11.1. The molecule has 0 radical (unpaired) electrons. The van der Waals surface area contributed by atoms with Gasteiger partial charge in [-0.3, -0.25) is 4.79 Å². The van der Waals surface area contributed by atoms with Gasteiger partial charge in [-0.2, -0.15) is 0 Å². The number of rotatable bonds is 5. The van der Waals surface area contributed by atoms with Gasteiger partial charge in [0.25, 0.3) is 5.91 Å². The fourth-order valence-corrected chi connectivity index (χ4v) is 1.42. The van der Waals surface area contributed by atoms with E-state index in [0.717, 1.165) is 12.1 Å². The molecule has 2 N–H and O–H groups in total. The van der Waals surface area contributed by atoms with Crippen LogP contribution in [0.15, 0.2) is 24.3 Å². The highest BCUT2D eigenvalue weighted by Crippen LogP contribution is 2.23. The van der Waals surface area contributed by atoms with E-state index in [4.69, 9.17) is 5.11 Å². The van der Waals surface area contributed by atoms with Gasteiger partial charge in [0.2, 0.25) is 0 Å². The van der Waals surface area contributed by atoms with E-state index < -0.39 is 18.0 Å². The van der Waals surface area contributed by atoms with E-state index in [2.05, 4.69) is 10.1 Å². The maximum absolute atomic E-state index is 12.1. The van der Waals surface area contributed by atoms with Crippen molar-refractivity contribution in [3.05, 3.63) is 29.8 Å². The quantitative estimate of drug-likeness (QED) is 0.875. The first-order valence-corrected chi connectivity index (χ1v) is 6.00. The summed E-state index contributed by atoms with van der Waals surface area (Å²) in [6, 6.07) is 4.51. The third-order valence-corrected chi connectivity index (χ3v) is 2.83. The van der Waals surface area contributed by atoms with Gasteiger partial charge in [-0.05, 0) is 31.0 Å². The Morgan fingerprint density at radius 2 is 2.05 bits per heavy atom. The number of carbonyl (C=O) groups excluding carboxylic acids is 1. The van der Waals surface area contributed by atoms with Crippen molar-refractivity contribution >= 4 is 5.91 Å². The van der Waals surface area contributed by atoms with E-state index in [1.807, 2.05) is 0 Å². The largest absolute Gasteiger partial charge is 0.573 e. The van der Waals surface area contributed by atoms with E-state index in [1.54, 1.807) is 13.8 Å². The van der Waals surface area contributed by atoms with E-state index >= 15 is 0 Å². The molecule has 0 heterocycles. The van der Waals surface area contributed by atoms with Gasteiger partial charge >= 0.3 is 6.36 Å². The molecule has 0 aliphatic heterocycles. The topological polar surface area (TPSA) is 58.6 Å². The van der Waals surface area contributed by atoms with Crippen molar-refractivity contribution < 1.29 is 27.8 Å². The Morgan fingerprint density at radius 1 is 1.40 bits per heavy atom. The third kappa shape index (κ3) is 5.08. The Hall–Kier alpha value is -1.76. The molecule has 0 aliphatic rings. The summed E-state index contributed by atoms with van der Waals surface area (Å²) in [4.78, 5) is 11.9. The number of aliphatic hydroxyl groups excluding tert-OH is 1. The number of aliphatic hydroxyl groups is 1. The van der Waals surface area contributed by atoms with E-state index in [9.17, 15) is 18.0 Å². The van der Waals surface area contributed by atoms with E-state index in [1.165, 1.54) is 12.1 Å². The molecule has 0 saturated heterocycles. The number of nitrogens with one attached hydrogen (secondary N) is 1. The molecule has 112 valence electrons. The van der Waals surface area contributed by atoms with Crippen LogP contribution in [0, 0.1) is 5.92 Å². The number of ether oxygens (including phenoxy) is 1. The maximum Gasteiger partial charge on any atom is 0.573 e. The highest BCUT2D eigenvalue weighted by molar-refractivity contribution is 5.94. The predicted molar refractivity (Wildman–Crippen MR) is 66.3 cm³/mol. The molecule has 0 fully saturated rings. The lowest BCUT2D eigenvalue weighted by Gasteiger charge is -2.19. The van der Waals surface area contributed by atoms with Gasteiger partial charge in [-0.15, -0.1) is 13.2 Å². The van der Waals surface area contributed by atoms with Crippen LogP contribution in [0.1, 0.15) is 24.2 Å². The van der Waals surface area contributed by atoms with Crippen molar-refractivity contribution in [1.82, 2.24) is 5.32 Å². The summed E-state index contributed by atoms with van der Waals surface area (Å²) >= 11 is 0. The van der Waals surface area contributed by atoms with Gasteiger partial charge < -0.3 is 15.2 Å². The number of halogens is 3. The summed E-state index contributed by atoms with van der Waals surface area (Å²) in [5, 5.41) is 11.6. The molecule has 1 rings (SSSR count). The molecule has 4 nitrogen and oxygen atoms in total. The Balaban J connectivity index is 2.76. The predicted octanol–water partition coefficient (Wildman–Crippen LogP) is 2.33. The van der Waals surface area contributed by atoms with Crippen molar-refractivity contribution in [2.24, 2.45) is 5.92 Å². The molecule has 0 spiro atoms. The fourth-order valence-electron chi connectivity index (χ4n) is 1.42. The van der Waals surface area contributed by atoms with Gasteiger partial charge in [0.05, 0.1) is 0 Å². The van der Waals surface area contributed by atoms with E-state index in [0.29, 0.717) is 0 Å². The van der Waals surface area contributed by atoms with Crippen molar-refractivity contribution in [3.63, 3.8) is 0 Å². The first kappa shape index (κ1) is 16.3. The molecule has 1 amide bonds. The van der Waals surface area contributed by atoms with Crippen molar-refractivity contribution in [2.75, 3.05) is 6.61 Å².